The molecule has 15 amide bonds. The lowest BCUT2D eigenvalue weighted by molar-refractivity contribution is -0.152. The summed E-state index contributed by atoms with van der Waals surface area (Å²) in [4.78, 5) is 246. The summed E-state index contributed by atoms with van der Waals surface area (Å²) in [5, 5.41) is 54.3. The second kappa shape index (κ2) is 47.2. The van der Waals surface area contributed by atoms with Crippen LogP contribution in [-0.2, 0) is 109 Å². The Morgan fingerprint density at radius 1 is 0.539 bits per heavy atom. The molecule has 3 fully saturated rings. The Hall–Kier alpha value is -12.7. The van der Waals surface area contributed by atoms with Crippen LogP contribution in [0.5, 0.6) is 5.75 Å². The molecule has 36 heteroatoms. The number of aromatic hydroxyl groups is 1. The first-order chi connectivity index (χ1) is 61.0. The van der Waals surface area contributed by atoms with E-state index in [4.69, 9.17) is 5.73 Å². The van der Waals surface area contributed by atoms with Crippen molar-refractivity contribution in [1.29, 1.82) is 0 Å². The molecular formula is C92H120N16O19S. The maximum atomic E-state index is 15.7. The minimum atomic E-state index is -1.89. The molecule has 6 aromatic rings. The lowest BCUT2D eigenvalue weighted by Gasteiger charge is -2.37. The van der Waals surface area contributed by atoms with Gasteiger partial charge in [0.1, 0.15) is 78.3 Å². The van der Waals surface area contributed by atoms with Crippen molar-refractivity contribution in [2.24, 2.45) is 17.6 Å². The molecule has 1 aromatic heterocycles. The van der Waals surface area contributed by atoms with E-state index in [1.165, 1.54) is 67.2 Å². The van der Waals surface area contributed by atoms with Crippen LogP contribution >= 0.6 is 11.8 Å². The molecule has 128 heavy (non-hydrogen) atoms. The molecule has 3 aliphatic heterocycles. The summed E-state index contributed by atoms with van der Waals surface area (Å²) < 4.78 is 0. The van der Waals surface area contributed by atoms with Crippen LogP contribution in [0.15, 0.2) is 146 Å². The van der Waals surface area contributed by atoms with E-state index in [1.54, 1.807) is 137 Å². The smallest absolute Gasteiger partial charge is 0.305 e. The molecule has 0 bridgehead atoms. The summed E-state index contributed by atoms with van der Waals surface area (Å²) >= 11 is 0.844. The Bertz CT molecular complexity index is 4910. The van der Waals surface area contributed by atoms with Gasteiger partial charge in [0.05, 0.1) is 31.4 Å². The predicted octanol–water partition coefficient (Wildman–Crippen LogP) is 1.78. The number of aliphatic hydroxyl groups is 1. The predicted molar refractivity (Wildman–Crippen MR) is 476 cm³/mol. The van der Waals surface area contributed by atoms with Gasteiger partial charge in [0.2, 0.25) is 88.6 Å². The van der Waals surface area contributed by atoms with E-state index in [9.17, 15) is 48.9 Å². The van der Waals surface area contributed by atoms with Crippen molar-refractivity contribution in [3.63, 3.8) is 0 Å². The van der Waals surface area contributed by atoms with Gasteiger partial charge in [-0.25, -0.2) is 0 Å². The number of benzene rings is 5. The lowest BCUT2D eigenvalue weighted by atomic mass is 9.98. The number of aliphatic hydroxyl groups excluding tert-OH is 1. The average Bonchev–Trinajstić information content (AvgIpc) is 1.61. The number of aliphatic carboxylic acids is 1. The fourth-order valence-corrected chi connectivity index (χ4v) is 17.1. The average molecular weight is 1790 g/mol. The number of carboxylic acid groups (broad SMARTS) is 1. The van der Waals surface area contributed by atoms with E-state index in [0.29, 0.717) is 46.0 Å². The first-order valence-electron chi connectivity index (χ1n) is 43.3. The quantitative estimate of drug-likeness (QED) is 0.0461. The summed E-state index contributed by atoms with van der Waals surface area (Å²) in [5.41, 5.74) is 9.02. The molecule has 5 aromatic carbocycles. The summed E-state index contributed by atoms with van der Waals surface area (Å²) in [6.45, 7) is 6.59. The number of phenolic OH excluding ortho intramolecular Hbond substituents is 1. The lowest BCUT2D eigenvalue weighted by Crippen LogP contribution is -2.61. The van der Waals surface area contributed by atoms with Crippen molar-refractivity contribution in [1.82, 2.24) is 76.9 Å². The van der Waals surface area contributed by atoms with Gasteiger partial charge in [-0.05, 0) is 96.4 Å². The number of hydrogen-bond donors (Lipinski definition) is 13. The van der Waals surface area contributed by atoms with Crippen molar-refractivity contribution in [2.45, 2.75) is 203 Å². The molecule has 3 saturated heterocycles. The number of hydrogen-bond acceptors (Lipinski definition) is 19. The Kier molecular flexibility index (Phi) is 36.5. The topological polar surface area (TPSA) is 491 Å². The number of carbonyl (C=O) groups excluding carboxylic acids is 15. The van der Waals surface area contributed by atoms with Gasteiger partial charge in [0, 0.05) is 96.2 Å². The molecule has 0 radical (unpaired) electrons. The molecule has 35 nitrogen and oxygen atoms in total. The number of nitrogens with zero attached hydrogens (tertiary/aromatic N) is 6. The summed E-state index contributed by atoms with van der Waals surface area (Å²) in [5.74, 6) is -16.7. The number of carbonyl (C=O) groups is 16. The number of H-pyrrole nitrogens is 1. The maximum absolute atomic E-state index is 15.7. The zero-order valence-corrected chi connectivity index (χ0v) is 74.5. The highest BCUT2D eigenvalue weighted by Gasteiger charge is 2.49. The van der Waals surface area contributed by atoms with Gasteiger partial charge >= 0.3 is 5.97 Å². The summed E-state index contributed by atoms with van der Waals surface area (Å²) in [7, 11) is 5.33. The number of nitrogens with two attached hydrogens (primary N) is 1. The second-order valence-corrected chi connectivity index (χ2v) is 34.8. The number of aromatic amines is 1. The van der Waals surface area contributed by atoms with E-state index >= 15 is 43.2 Å². The van der Waals surface area contributed by atoms with E-state index < -0.39 is 211 Å². The number of nitrogens with one attached hydrogen (secondary N) is 9. The van der Waals surface area contributed by atoms with Crippen LogP contribution in [0.1, 0.15) is 120 Å². The first-order valence-corrected chi connectivity index (χ1v) is 44.4. The number of phenols is 1. The number of fused-ring (bicyclic) bond motifs is 3. The minimum absolute atomic E-state index is 0.0236. The van der Waals surface area contributed by atoms with Crippen LogP contribution in [-0.4, -0.2) is 289 Å². The first kappa shape index (κ1) is 99.1. The van der Waals surface area contributed by atoms with E-state index in [2.05, 4.69) is 47.5 Å². The third-order valence-electron chi connectivity index (χ3n) is 23.2. The molecular weight excluding hydrogens is 1670 g/mol. The van der Waals surface area contributed by atoms with Crippen molar-refractivity contribution >= 4 is 117 Å². The zero-order valence-electron chi connectivity index (χ0n) is 73.7. The number of amides is 15. The number of unbranched alkanes of at least 4 members (excludes halogenated alkanes) is 1. The Balaban J connectivity index is 1.11. The van der Waals surface area contributed by atoms with Crippen LogP contribution in [0.25, 0.3) is 10.9 Å². The monoisotopic (exact) mass is 1780 g/mol. The SMILES string of the molecule is CCCC[C@H]1C(=O)N(C)CC(=O)N[C@@H](CC(=O)O)C(=O)N[C@@H](C(C)C)C(=O)N(C)[C@@H](Cc2ccccc2)C(=O)N2C[C@H](O)C[C@H]2C(=O)N2CCC[C@@H]2C(=O)N[C@@H](Cc2c[nH]c3ccccc23)C(=O)NC(Cc2ccc(O)cc2)C(=O)N[C@@H](CC(C)C)C(=O)N[C@H](C(=O)NCC(N)=O)CSCC(=O)N[C@@H](CCc2ccccc2)C(=O)N(C)[C@@H](Cc2ccccc2)C(=O)N1C. The zero-order chi connectivity index (χ0) is 93.2. The number of carboxylic acids is 1. The van der Waals surface area contributed by atoms with Crippen molar-refractivity contribution in [3.8, 4) is 5.75 Å². The molecule has 13 atom stereocenters. The fraction of sp³-hybridized carbons (Fsp3) is 0.478. The molecule has 1 unspecified atom stereocenters. The maximum Gasteiger partial charge on any atom is 0.305 e. The number of aromatic nitrogens is 1. The van der Waals surface area contributed by atoms with Crippen LogP contribution in [0, 0.1) is 11.8 Å². The molecule has 688 valence electrons. The Morgan fingerprint density at radius 3 is 1.70 bits per heavy atom. The number of primary amides is 1. The van der Waals surface area contributed by atoms with Crippen molar-refractivity contribution < 1.29 is 92.0 Å². The molecule has 0 spiro atoms. The third-order valence-corrected chi connectivity index (χ3v) is 24.3. The standard InChI is InChI=1S/C92H120N16O19S/c1-10-11-32-72-88(123)103(6)51-77(112)97-69(47-79(114)115)85(120)102-80(55(4)5)92(127)106(9)74(44-58-28-19-14-20-29-58)90(125)108-50-62(110)46-75(108)91(126)107-40-23-33-71(107)86(121)100-68(45-60-48-94-64-31-22-21-30-63(60)64)84(119)99-67(42-59-34-37-61(109)38-35-59)83(118)98-66(41-54(2)3)82(117)101-70(81(116)95-49-76(93)111)52-128-53-78(113)96-65(39-36-56-24-15-12-16-25-56)87(122)105(8)73(89(124)104(72)7)43-57-26-17-13-18-27-57/h12-22,24-31,34-35,37-38,48,54-55,62,65-75,80,94,109-110H,10-11,23,32-33,36,39-47,49-53H2,1-9H3,(H2,93,111)(H,95,116)(H,96,113)(H,97,112)(H,98,118)(H,99,119)(H,100,121)(H,101,117)(H,102,120)(H,114,115)/t62-,65+,66+,67?,68+,69+,70+,71-,72+,73+,74+,75+,80+/m1/s1. The molecule has 0 saturated carbocycles. The summed E-state index contributed by atoms with van der Waals surface area (Å²) in [6.07, 6.45) is -0.461. The van der Waals surface area contributed by atoms with Gasteiger partial charge in [0.25, 0.3) is 0 Å². The normalized spacial score (nSPS) is 24.1. The number of likely N-dealkylation sites (N-methyl/N-ethyl adjacent to an activating group) is 4. The highest BCUT2D eigenvalue weighted by atomic mass is 32.2. The van der Waals surface area contributed by atoms with Crippen LogP contribution in [0.4, 0.5) is 0 Å². The fourth-order valence-electron chi connectivity index (χ4n) is 16.2. The number of rotatable bonds is 22. The summed E-state index contributed by atoms with van der Waals surface area (Å²) in [6, 6.07) is 21.3. The van der Waals surface area contributed by atoms with Gasteiger partial charge in [-0.15, -0.1) is 11.8 Å². The molecule has 9 rings (SSSR count). The van der Waals surface area contributed by atoms with Gasteiger partial charge in [-0.3, -0.25) is 76.7 Å². The van der Waals surface area contributed by atoms with Crippen molar-refractivity contribution in [3.05, 3.63) is 174 Å². The highest BCUT2D eigenvalue weighted by Crippen LogP contribution is 2.30. The second-order valence-electron chi connectivity index (χ2n) is 33.8. The van der Waals surface area contributed by atoms with Crippen LogP contribution < -0.4 is 48.3 Å². The molecule has 3 aliphatic rings. The largest absolute Gasteiger partial charge is 0.508 e. The van der Waals surface area contributed by atoms with E-state index in [-0.39, 0.29) is 94.6 Å². The Labute approximate surface area is 748 Å². The third kappa shape index (κ3) is 27.6. The highest BCUT2D eigenvalue weighted by molar-refractivity contribution is 8.00. The van der Waals surface area contributed by atoms with Crippen LogP contribution in [0.3, 0.4) is 0 Å². The minimum Gasteiger partial charge on any atom is -0.508 e. The van der Waals surface area contributed by atoms with E-state index in [1.807, 2.05) is 19.1 Å². The van der Waals surface area contributed by atoms with Gasteiger partial charge in [-0.1, -0.05) is 169 Å². The van der Waals surface area contributed by atoms with Crippen LogP contribution in [0.2, 0.25) is 0 Å². The number of para-hydroxylation sites is 1. The van der Waals surface area contributed by atoms with Gasteiger partial charge in [0.15, 0.2) is 0 Å². The van der Waals surface area contributed by atoms with E-state index in [0.717, 1.165) is 32.0 Å². The van der Waals surface area contributed by atoms with Crippen molar-refractivity contribution in [2.75, 3.05) is 65.9 Å². The van der Waals surface area contributed by atoms with Gasteiger partial charge < -0.3 is 98.0 Å². The Morgan fingerprint density at radius 2 is 1.09 bits per heavy atom. The molecule has 0 aliphatic carbocycles. The molecule has 14 N–H and O–H groups in total. The molecule has 4 heterocycles. The van der Waals surface area contributed by atoms with Gasteiger partial charge in [-0.2, -0.15) is 0 Å². The number of thioether (sulfide) groups is 1. The number of aryl methyl sites for hydroxylation is 1.